The van der Waals surface area contributed by atoms with Crippen molar-refractivity contribution >= 4 is 8.07 Å². The highest BCUT2D eigenvalue weighted by Gasteiger charge is 2.08. The van der Waals surface area contributed by atoms with Crippen LogP contribution in [0.15, 0.2) is 0 Å². The molecule has 12 heavy (non-hydrogen) atoms. The van der Waals surface area contributed by atoms with E-state index in [9.17, 15) is 0 Å². The smallest absolute Gasteiger partial charge is 0.129 e. The normalized spacial score (nSPS) is 13.4. The first-order chi connectivity index (χ1) is 5.45. The Hall–Kier alpha value is -0.263. The van der Waals surface area contributed by atoms with Crippen LogP contribution in [-0.2, 0) is 0 Å². The summed E-state index contributed by atoms with van der Waals surface area (Å²) in [6.07, 6.45) is 3.46. The molecule has 70 valence electrons. The second-order valence-corrected chi connectivity index (χ2v) is 9.02. The molecule has 0 radical (unpaired) electrons. The average Bonchev–Trinajstić information content (AvgIpc) is 1.95. The third-order valence-electron chi connectivity index (χ3n) is 1.50. The average molecular weight is 183 g/mol. The van der Waals surface area contributed by atoms with E-state index in [-0.39, 0.29) is 6.04 Å². The van der Waals surface area contributed by atoms with Gasteiger partial charge in [-0.05, 0) is 6.42 Å². The van der Waals surface area contributed by atoms with E-state index in [1.807, 2.05) is 0 Å². The molecule has 0 saturated carbocycles. The molecule has 0 heterocycles. The maximum atomic E-state index is 5.82. The van der Waals surface area contributed by atoms with Gasteiger partial charge in [0.05, 0.1) is 6.04 Å². The highest BCUT2D eigenvalue weighted by Crippen LogP contribution is 1.99. The van der Waals surface area contributed by atoms with Crippen LogP contribution in [-0.4, -0.2) is 14.1 Å². The van der Waals surface area contributed by atoms with Gasteiger partial charge in [-0.15, -0.1) is 5.54 Å². The second-order valence-electron chi connectivity index (χ2n) is 4.27. The maximum absolute atomic E-state index is 5.82. The molecule has 0 aliphatic heterocycles. The van der Waals surface area contributed by atoms with E-state index < -0.39 is 8.07 Å². The first-order valence-corrected chi connectivity index (χ1v) is 8.24. The predicted octanol–water partition coefficient (Wildman–Crippen LogP) is 2.38. The Bertz CT molecular complexity index is 171. The Morgan fingerprint density at radius 1 is 1.33 bits per heavy atom. The summed E-state index contributed by atoms with van der Waals surface area (Å²) in [7, 11) is -1.20. The van der Waals surface area contributed by atoms with Crippen LogP contribution in [0.3, 0.4) is 0 Å². The van der Waals surface area contributed by atoms with Crippen LogP contribution < -0.4 is 5.73 Å². The summed E-state index contributed by atoms with van der Waals surface area (Å²) in [5.74, 6) is 3.15. The molecule has 1 atom stereocenters. The van der Waals surface area contributed by atoms with Crippen molar-refractivity contribution in [2.75, 3.05) is 0 Å². The molecule has 0 unspecified atom stereocenters. The van der Waals surface area contributed by atoms with Crippen molar-refractivity contribution in [3.8, 4) is 11.5 Å². The van der Waals surface area contributed by atoms with Gasteiger partial charge in [-0.2, -0.15) is 0 Å². The van der Waals surface area contributed by atoms with Gasteiger partial charge in [0.2, 0.25) is 0 Å². The van der Waals surface area contributed by atoms with E-state index in [1.165, 1.54) is 12.8 Å². The van der Waals surface area contributed by atoms with Gasteiger partial charge in [-0.25, -0.2) is 0 Å². The van der Waals surface area contributed by atoms with Gasteiger partial charge in [0, 0.05) is 0 Å². The zero-order chi connectivity index (χ0) is 9.61. The summed E-state index contributed by atoms with van der Waals surface area (Å²) in [6, 6.07) is 0.108. The van der Waals surface area contributed by atoms with E-state index in [4.69, 9.17) is 5.73 Å². The Labute approximate surface area is 77.7 Å². The van der Waals surface area contributed by atoms with Crippen molar-refractivity contribution in [3.05, 3.63) is 0 Å². The third-order valence-corrected chi connectivity index (χ3v) is 2.40. The van der Waals surface area contributed by atoms with Gasteiger partial charge in [0.1, 0.15) is 8.07 Å². The zero-order valence-corrected chi connectivity index (χ0v) is 9.78. The van der Waals surface area contributed by atoms with Gasteiger partial charge < -0.3 is 5.73 Å². The topological polar surface area (TPSA) is 26.0 Å². The Kier molecular flexibility index (Phi) is 5.28. The molecular weight excluding hydrogens is 162 g/mol. The number of unbranched alkanes of at least 4 members (excludes halogenated alkanes) is 1. The Morgan fingerprint density at radius 2 is 1.92 bits per heavy atom. The zero-order valence-electron chi connectivity index (χ0n) is 8.78. The SMILES string of the molecule is CCCC[C@@H](N)C#C[Si](C)(C)C. The van der Waals surface area contributed by atoms with E-state index in [0.717, 1.165) is 6.42 Å². The lowest BCUT2D eigenvalue weighted by molar-refractivity contribution is 0.667. The number of hydrogen-bond acceptors (Lipinski definition) is 1. The lowest BCUT2D eigenvalue weighted by Gasteiger charge is -2.06. The molecule has 0 fully saturated rings. The summed E-state index contributed by atoms with van der Waals surface area (Å²) in [5, 5.41) is 0. The van der Waals surface area contributed by atoms with Gasteiger partial charge in [0.15, 0.2) is 0 Å². The Balaban J connectivity index is 3.79. The van der Waals surface area contributed by atoms with E-state index in [1.54, 1.807) is 0 Å². The molecule has 0 saturated heterocycles. The number of nitrogens with two attached hydrogens (primary N) is 1. The summed E-state index contributed by atoms with van der Waals surface area (Å²) in [4.78, 5) is 0. The molecule has 0 aromatic carbocycles. The fourth-order valence-corrected chi connectivity index (χ4v) is 1.42. The van der Waals surface area contributed by atoms with Crippen molar-refractivity contribution in [3.63, 3.8) is 0 Å². The van der Waals surface area contributed by atoms with Crippen LogP contribution in [0.4, 0.5) is 0 Å². The molecule has 0 aromatic heterocycles. The van der Waals surface area contributed by atoms with Crippen molar-refractivity contribution in [2.24, 2.45) is 5.73 Å². The van der Waals surface area contributed by atoms with Crippen molar-refractivity contribution in [2.45, 2.75) is 51.9 Å². The molecule has 0 amide bonds. The van der Waals surface area contributed by atoms with Crippen molar-refractivity contribution < 1.29 is 0 Å². The van der Waals surface area contributed by atoms with E-state index in [0.29, 0.717) is 0 Å². The van der Waals surface area contributed by atoms with Gasteiger partial charge in [-0.1, -0.05) is 45.3 Å². The molecule has 1 nitrogen and oxygen atoms in total. The largest absolute Gasteiger partial charge is 0.318 e. The molecular formula is C10H21NSi. The summed E-state index contributed by atoms with van der Waals surface area (Å²) >= 11 is 0. The lowest BCUT2D eigenvalue weighted by atomic mass is 10.1. The van der Waals surface area contributed by atoms with Crippen LogP contribution in [0.2, 0.25) is 19.6 Å². The number of rotatable bonds is 3. The molecule has 2 heteroatoms. The minimum Gasteiger partial charge on any atom is -0.318 e. The fraction of sp³-hybridized carbons (Fsp3) is 0.800. The van der Waals surface area contributed by atoms with Crippen molar-refractivity contribution in [1.82, 2.24) is 0 Å². The van der Waals surface area contributed by atoms with Crippen LogP contribution in [0.25, 0.3) is 0 Å². The standard InChI is InChI=1S/C10H21NSi/c1-5-6-7-10(11)8-9-12(2,3)4/h10H,5-7,11H2,1-4H3/t10-/m1/s1. The molecule has 0 rings (SSSR count). The minimum absolute atomic E-state index is 0.108. The minimum atomic E-state index is -1.20. The first-order valence-electron chi connectivity index (χ1n) is 4.74. The molecule has 0 aromatic rings. The highest BCUT2D eigenvalue weighted by atomic mass is 28.3. The van der Waals surface area contributed by atoms with Crippen LogP contribution in [0, 0.1) is 11.5 Å². The lowest BCUT2D eigenvalue weighted by Crippen LogP contribution is -2.21. The monoisotopic (exact) mass is 183 g/mol. The van der Waals surface area contributed by atoms with Gasteiger partial charge >= 0.3 is 0 Å². The second kappa shape index (κ2) is 5.39. The fourth-order valence-electron chi connectivity index (χ4n) is 0.805. The quantitative estimate of drug-likeness (QED) is 0.528. The maximum Gasteiger partial charge on any atom is 0.129 e. The van der Waals surface area contributed by atoms with Crippen molar-refractivity contribution in [1.29, 1.82) is 0 Å². The van der Waals surface area contributed by atoms with Gasteiger partial charge in [0.25, 0.3) is 0 Å². The Morgan fingerprint density at radius 3 is 2.33 bits per heavy atom. The summed E-state index contributed by atoms with van der Waals surface area (Å²) in [5.41, 5.74) is 9.11. The van der Waals surface area contributed by atoms with Crippen LogP contribution >= 0.6 is 0 Å². The molecule has 0 aliphatic rings. The summed E-state index contributed by atoms with van der Waals surface area (Å²) in [6.45, 7) is 8.91. The molecule has 0 spiro atoms. The third kappa shape index (κ3) is 7.84. The first kappa shape index (κ1) is 11.7. The van der Waals surface area contributed by atoms with Crippen LogP contribution in [0.5, 0.6) is 0 Å². The molecule has 0 bridgehead atoms. The highest BCUT2D eigenvalue weighted by molar-refractivity contribution is 6.83. The molecule has 0 aliphatic carbocycles. The molecule has 2 N–H and O–H groups in total. The van der Waals surface area contributed by atoms with Crippen LogP contribution in [0.1, 0.15) is 26.2 Å². The van der Waals surface area contributed by atoms with E-state index >= 15 is 0 Å². The predicted molar refractivity (Wildman–Crippen MR) is 58.6 cm³/mol. The van der Waals surface area contributed by atoms with Gasteiger partial charge in [-0.3, -0.25) is 0 Å². The number of hydrogen-bond donors (Lipinski definition) is 1. The van der Waals surface area contributed by atoms with E-state index in [2.05, 4.69) is 38.0 Å². The summed E-state index contributed by atoms with van der Waals surface area (Å²) < 4.78 is 0.